The summed E-state index contributed by atoms with van der Waals surface area (Å²) in [5, 5.41) is 9.65. The van der Waals surface area contributed by atoms with Crippen LogP contribution >= 0.6 is 0 Å². The molecule has 6 heteroatoms. The molecule has 0 aliphatic carbocycles. The summed E-state index contributed by atoms with van der Waals surface area (Å²) in [6.45, 7) is 6.91. The number of likely N-dealkylation sites (tertiary alicyclic amines) is 1. The van der Waals surface area contributed by atoms with Gasteiger partial charge in [-0.1, -0.05) is 0 Å². The van der Waals surface area contributed by atoms with Crippen molar-refractivity contribution in [1.82, 2.24) is 4.90 Å². The summed E-state index contributed by atoms with van der Waals surface area (Å²) in [5.41, 5.74) is -1.39. The lowest BCUT2D eigenvalue weighted by Gasteiger charge is -2.41. The second kappa shape index (κ2) is 5.83. The van der Waals surface area contributed by atoms with Crippen molar-refractivity contribution in [3.05, 3.63) is 0 Å². The zero-order valence-electron chi connectivity index (χ0n) is 13.1. The third-order valence-corrected chi connectivity index (χ3v) is 4.28. The predicted octanol–water partition coefficient (Wildman–Crippen LogP) is 2.27. The minimum atomic E-state index is -0.852. The van der Waals surface area contributed by atoms with E-state index in [-0.39, 0.29) is 12.2 Å². The first-order chi connectivity index (χ1) is 9.74. The summed E-state index contributed by atoms with van der Waals surface area (Å²) in [6, 6.07) is 0. The molecule has 0 bridgehead atoms. The van der Waals surface area contributed by atoms with Crippen LogP contribution in [0.15, 0.2) is 0 Å². The van der Waals surface area contributed by atoms with E-state index in [1.54, 1.807) is 4.90 Å². The molecule has 2 aliphatic heterocycles. The van der Waals surface area contributed by atoms with Crippen LogP contribution in [0.3, 0.4) is 0 Å². The van der Waals surface area contributed by atoms with E-state index >= 15 is 0 Å². The number of hydrogen-bond acceptors (Lipinski definition) is 4. The van der Waals surface area contributed by atoms with Gasteiger partial charge in [-0.15, -0.1) is 0 Å². The fraction of sp³-hybridized carbons (Fsp3) is 0.867. The maximum Gasteiger partial charge on any atom is 0.410 e. The molecule has 1 unspecified atom stereocenters. The van der Waals surface area contributed by atoms with Gasteiger partial charge in [0, 0.05) is 19.7 Å². The molecule has 21 heavy (non-hydrogen) atoms. The van der Waals surface area contributed by atoms with Crippen molar-refractivity contribution in [3.8, 4) is 0 Å². The number of carboxylic acids is 1. The molecule has 2 saturated heterocycles. The fourth-order valence-corrected chi connectivity index (χ4v) is 3.10. The molecule has 0 aromatic heterocycles. The second-order valence-corrected chi connectivity index (χ2v) is 6.93. The lowest BCUT2D eigenvalue weighted by atomic mass is 9.73. The van der Waals surface area contributed by atoms with E-state index in [4.69, 9.17) is 9.47 Å². The molecule has 0 aromatic rings. The predicted molar refractivity (Wildman–Crippen MR) is 76.1 cm³/mol. The summed E-state index contributed by atoms with van der Waals surface area (Å²) in [7, 11) is 0. The number of aliphatic carboxylic acids is 1. The number of carbonyl (C=O) groups is 2. The molecule has 1 N–H and O–H groups in total. The van der Waals surface area contributed by atoms with Gasteiger partial charge in [0.1, 0.15) is 5.60 Å². The summed E-state index contributed by atoms with van der Waals surface area (Å²) in [6.07, 6.45) is 1.96. The van der Waals surface area contributed by atoms with Crippen LogP contribution in [0.5, 0.6) is 0 Å². The normalized spacial score (nSPS) is 25.7. The first-order valence-electron chi connectivity index (χ1n) is 7.57. The molecule has 6 nitrogen and oxygen atoms in total. The molecule has 2 heterocycles. The summed E-state index contributed by atoms with van der Waals surface area (Å²) >= 11 is 0. The quantitative estimate of drug-likeness (QED) is 0.846. The van der Waals surface area contributed by atoms with Crippen LogP contribution in [0.4, 0.5) is 4.79 Å². The van der Waals surface area contributed by atoms with E-state index in [9.17, 15) is 14.7 Å². The minimum Gasteiger partial charge on any atom is -0.481 e. The Balaban J connectivity index is 2.00. The minimum absolute atomic E-state index is 0.226. The monoisotopic (exact) mass is 299 g/mol. The summed E-state index contributed by atoms with van der Waals surface area (Å²) in [4.78, 5) is 25.4. The van der Waals surface area contributed by atoms with Crippen LogP contribution in [-0.4, -0.2) is 53.5 Å². The molecule has 2 rings (SSSR count). The van der Waals surface area contributed by atoms with Gasteiger partial charge in [0.25, 0.3) is 0 Å². The molecule has 2 fully saturated rings. The number of ether oxygens (including phenoxy) is 2. The largest absolute Gasteiger partial charge is 0.481 e. The Labute approximate surface area is 125 Å². The van der Waals surface area contributed by atoms with Crippen molar-refractivity contribution in [3.63, 3.8) is 0 Å². The topological polar surface area (TPSA) is 76.1 Å². The number of carboxylic acid groups (broad SMARTS) is 1. The van der Waals surface area contributed by atoms with Gasteiger partial charge >= 0.3 is 12.1 Å². The first kappa shape index (κ1) is 16.1. The third-order valence-electron chi connectivity index (χ3n) is 4.28. The molecule has 0 saturated carbocycles. The average molecular weight is 299 g/mol. The highest BCUT2D eigenvalue weighted by Crippen LogP contribution is 2.41. The lowest BCUT2D eigenvalue weighted by Crippen LogP contribution is -2.52. The zero-order valence-corrected chi connectivity index (χ0v) is 13.1. The highest BCUT2D eigenvalue weighted by atomic mass is 16.6. The van der Waals surface area contributed by atoms with Crippen molar-refractivity contribution in [2.75, 3.05) is 19.7 Å². The van der Waals surface area contributed by atoms with Crippen LogP contribution in [0.25, 0.3) is 0 Å². The Hall–Kier alpha value is -1.30. The van der Waals surface area contributed by atoms with Crippen molar-refractivity contribution < 1.29 is 24.2 Å². The molecule has 1 amide bonds. The van der Waals surface area contributed by atoms with E-state index in [1.807, 2.05) is 20.8 Å². The van der Waals surface area contributed by atoms with Crippen LogP contribution in [0.2, 0.25) is 0 Å². The Bertz CT molecular complexity index is 401. The van der Waals surface area contributed by atoms with Gasteiger partial charge in [0.05, 0.1) is 11.5 Å². The van der Waals surface area contributed by atoms with Gasteiger partial charge < -0.3 is 19.5 Å². The molecule has 0 spiro atoms. The van der Waals surface area contributed by atoms with Crippen LogP contribution in [0.1, 0.15) is 46.5 Å². The van der Waals surface area contributed by atoms with E-state index < -0.39 is 17.0 Å². The van der Waals surface area contributed by atoms with E-state index in [1.165, 1.54) is 0 Å². The Kier molecular flexibility index (Phi) is 4.46. The average Bonchev–Trinajstić information content (AvgIpc) is 2.90. The number of amides is 1. The van der Waals surface area contributed by atoms with Gasteiger partial charge in [0.15, 0.2) is 0 Å². The number of carbonyl (C=O) groups excluding carboxylic acids is 1. The molecular formula is C15H25NO5. The molecule has 120 valence electrons. The number of hydrogen-bond donors (Lipinski definition) is 1. The summed E-state index contributed by atoms with van der Waals surface area (Å²) < 4.78 is 11.0. The van der Waals surface area contributed by atoms with Crippen molar-refractivity contribution >= 4 is 12.1 Å². The number of nitrogens with zero attached hydrogens (tertiary/aromatic N) is 1. The fourth-order valence-electron chi connectivity index (χ4n) is 3.10. The van der Waals surface area contributed by atoms with Crippen LogP contribution in [-0.2, 0) is 14.3 Å². The molecule has 1 atom stereocenters. The van der Waals surface area contributed by atoms with Gasteiger partial charge in [-0.2, -0.15) is 0 Å². The SMILES string of the molecule is CC(C)(C)OC(=O)N1CCC(C(=O)O)(C2CCCO2)CC1. The van der Waals surface area contributed by atoms with E-state index in [0.29, 0.717) is 32.5 Å². The summed E-state index contributed by atoms with van der Waals surface area (Å²) in [5.74, 6) is -0.807. The maximum absolute atomic E-state index is 12.0. The number of piperidine rings is 1. The van der Waals surface area contributed by atoms with Gasteiger partial charge in [-0.25, -0.2) is 4.79 Å². The molecule has 0 aromatic carbocycles. The second-order valence-electron chi connectivity index (χ2n) is 6.93. The first-order valence-corrected chi connectivity index (χ1v) is 7.57. The number of rotatable bonds is 2. The smallest absolute Gasteiger partial charge is 0.410 e. The van der Waals surface area contributed by atoms with Gasteiger partial charge in [-0.05, 0) is 46.5 Å². The molecule has 0 radical (unpaired) electrons. The maximum atomic E-state index is 12.0. The van der Waals surface area contributed by atoms with Crippen LogP contribution < -0.4 is 0 Å². The third kappa shape index (κ3) is 3.48. The van der Waals surface area contributed by atoms with Crippen LogP contribution in [0, 0.1) is 5.41 Å². The van der Waals surface area contributed by atoms with Gasteiger partial charge in [-0.3, -0.25) is 4.79 Å². The molecular weight excluding hydrogens is 274 g/mol. The van der Waals surface area contributed by atoms with Crippen molar-refractivity contribution in [2.24, 2.45) is 5.41 Å². The highest BCUT2D eigenvalue weighted by molar-refractivity contribution is 5.76. The highest BCUT2D eigenvalue weighted by Gasteiger charge is 2.50. The van der Waals surface area contributed by atoms with E-state index in [0.717, 1.165) is 12.8 Å². The Morgan fingerprint density at radius 1 is 1.29 bits per heavy atom. The van der Waals surface area contributed by atoms with E-state index in [2.05, 4.69) is 0 Å². The Morgan fingerprint density at radius 3 is 2.33 bits per heavy atom. The zero-order chi connectivity index (χ0) is 15.7. The standard InChI is InChI=1S/C15H25NO5/c1-14(2,3)21-13(19)16-8-6-15(7-9-16,12(17)18)11-5-4-10-20-11/h11H,4-10H2,1-3H3,(H,17,18). The Morgan fingerprint density at radius 2 is 1.90 bits per heavy atom. The van der Waals surface area contributed by atoms with Gasteiger partial charge in [0.2, 0.25) is 0 Å². The molecule has 2 aliphatic rings. The lowest BCUT2D eigenvalue weighted by molar-refractivity contribution is -0.162. The van der Waals surface area contributed by atoms with Crippen molar-refractivity contribution in [1.29, 1.82) is 0 Å². The van der Waals surface area contributed by atoms with Crippen molar-refractivity contribution in [2.45, 2.75) is 58.2 Å².